The first kappa shape index (κ1) is 12.7. The number of aromatic nitrogens is 2. The van der Waals surface area contributed by atoms with Gasteiger partial charge in [-0.25, -0.2) is 9.98 Å². The molecule has 100 valence electrons. The summed E-state index contributed by atoms with van der Waals surface area (Å²) in [4.78, 5) is 22.4. The Hall–Kier alpha value is -2.27. The predicted octanol–water partition coefficient (Wildman–Crippen LogP) is 2.54. The molecular formula is C15H13N3OS. The number of nitrogens with zero attached hydrogens (tertiary/aromatic N) is 3. The molecule has 0 N–H and O–H groups in total. The van der Waals surface area contributed by atoms with Crippen LogP contribution in [0.25, 0.3) is 10.2 Å². The first-order chi connectivity index (χ1) is 9.65. The lowest BCUT2D eigenvalue weighted by atomic mass is 10.2. The Morgan fingerprint density at radius 2 is 1.95 bits per heavy atom. The Balaban J connectivity index is 2.29. The molecule has 0 bridgehead atoms. The zero-order chi connectivity index (χ0) is 14.1. The van der Waals surface area contributed by atoms with Crippen LogP contribution in [-0.2, 0) is 7.05 Å². The fourth-order valence-electron chi connectivity index (χ4n) is 1.88. The second-order valence-electron chi connectivity index (χ2n) is 4.55. The summed E-state index contributed by atoms with van der Waals surface area (Å²) >= 11 is 1.41. The van der Waals surface area contributed by atoms with E-state index in [1.165, 1.54) is 16.9 Å². The van der Waals surface area contributed by atoms with E-state index in [0.29, 0.717) is 15.0 Å². The van der Waals surface area contributed by atoms with Gasteiger partial charge in [-0.05, 0) is 31.2 Å². The molecule has 1 aromatic carbocycles. The normalized spacial score (nSPS) is 12.0. The van der Waals surface area contributed by atoms with Gasteiger partial charge in [0.15, 0.2) is 4.80 Å². The molecule has 0 saturated carbocycles. The van der Waals surface area contributed by atoms with Crippen LogP contribution in [0.5, 0.6) is 0 Å². The average molecular weight is 283 g/mol. The van der Waals surface area contributed by atoms with Crippen molar-refractivity contribution < 1.29 is 0 Å². The number of pyridine rings is 1. The summed E-state index contributed by atoms with van der Waals surface area (Å²) in [5, 5.41) is 0.628. The zero-order valence-electron chi connectivity index (χ0n) is 11.2. The average Bonchev–Trinajstić information content (AvgIpc) is 2.47. The SMILES string of the molecule is Cc1ccc(/N=c2\sc3ncccc3c(=O)n2C)cc1. The molecule has 2 heterocycles. The van der Waals surface area contributed by atoms with Crippen LogP contribution in [0.2, 0.25) is 0 Å². The molecule has 0 amide bonds. The molecule has 5 heteroatoms. The molecule has 0 unspecified atom stereocenters. The summed E-state index contributed by atoms with van der Waals surface area (Å²) < 4.78 is 1.56. The van der Waals surface area contributed by atoms with E-state index in [1.54, 1.807) is 29.9 Å². The minimum absolute atomic E-state index is 0.0716. The quantitative estimate of drug-likeness (QED) is 0.689. The van der Waals surface area contributed by atoms with Crippen molar-refractivity contribution in [3.63, 3.8) is 0 Å². The molecule has 0 saturated heterocycles. The van der Waals surface area contributed by atoms with Crippen molar-refractivity contribution in [1.29, 1.82) is 0 Å². The van der Waals surface area contributed by atoms with Gasteiger partial charge in [0.1, 0.15) is 4.83 Å². The topological polar surface area (TPSA) is 47.2 Å². The third-order valence-corrected chi connectivity index (χ3v) is 4.11. The van der Waals surface area contributed by atoms with E-state index < -0.39 is 0 Å². The van der Waals surface area contributed by atoms with Crippen LogP contribution in [0.3, 0.4) is 0 Å². The van der Waals surface area contributed by atoms with Crippen LogP contribution in [0, 0.1) is 6.92 Å². The van der Waals surface area contributed by atoms with Crippen LogP contribution in [0.15, 0.2) is 52.4 Å². The standard InChI is InChI=1S/C15H13N3OS/c1-10-5-7-11(8-6-10)17-15-18(2)14(19)12-4-3-9-16-13(12)20-15/h3-9H,1-2H3/b17-15-. The Kier molecular flexibility index (Phi) is 3.20. The molecule has 0 atom stereocenters. The Labute approximate surface area is 119 Å². The summed E-state index contributed by atoms with van der Waals surface area (Å²) in [6.07, 6.45) is 1.69. The molecule has 3 aromatic rings. The van der Waals surface area contributed by atoms with E-state index in [1.807, 2.05) is 31.2 Å². The maximum Gasteiger partial charge on any atom is 0.262 e. The summed E-state index contributed by atoms with van der Waals surface area (Å²) in [7, 11) is 1.73. The molecule has 0 aliphatic carbocycles. The first-order valence-corrected chi connectivity index (χ1v) is 7.03. The maximum atomic E-state index is 12.3. The number of fused-ring (bicyclic) bond motifs is 1. The highest BCUT2D eigenvalue weighted by atomic mass is 32.1. The predicted molar refractivity (Wildman–Crippen MR) is 81.3 cm³/mol. The number of benzene rings is 1. The van der Waals surface area contributed by atoms with Crippen molar-refractivity contribution in [2.24, 2.45) is 12.0 Å². The van der Waals surface area contributed by atoms with Gasteiger partial charge in [0.05, 0.1) is 11.1 Å². The van der Waals surface area contributed by atoms with Crippen LogP contribution in [-0.4, -0.2) is 9.55 Å². The Morgan fingerprint density at radius 3 is 2.70 bits per heavy atom. The first-order valence-electron chi connectivity index (χ1n) is 6.21. The zero-order valence-corrected chi connectivity index (χ0v) is 12.0. The molecular weight excluding hydrogens is 270 g/mol. The van der Waals surface area contributed by atoms with Gasteiger partial charge in [-0.1, -0.05) is 29.0 Å². The molecule has 0 aliphatic heterocycles. The Morgan fingerprint density at radius 1 is 1.20 bits per heavy atom. The smallest absolute Gasteiger partial charge is 0.262 e. The Bertz CT molecular complexity index is 891. The van der Waals surface area contributed by atoms with Gasteiger partial charge in [-0.3, -0.25) is 9.36 Å². The van der Waals surface area contributed by atoms with Crippen molar-refractivity contribution in [3.8, 4) is 0 Å². The van der Waals surface area contributed by atoms with Gasteiger partial charge in [0, 0.05) is 13.2 Å². The highest BCUT2D eigenvalue weighted by molar-refractivity contribution is 7.15. The van der Waals surface area contributed by atoms with Gasteiger partial charge in [-0.2, -0.15) is 0 Å². The number of rotatable bonds is 1. The molecule has 0 fully saturated rings. The lowest BCUT2D eigenvalue weighted by Gasteiger charge is -2.01. The van der Waals surface area contributed by atoms with E-state index in [4.69, 9.17) is 0 Å². The minimum Gasteiger partial charge on any atom is -0.287 e. The molecule has 3 rings (SSSR count). The van der Waals surface area contributed by atoms with E-state index >= 15 is 0 Å². The van der Waals surface area contributed by atoms with Crippen LogP contribution in [0.4, 0.5) is 5.69 Å². The lowest BCUT2D eigenvalue weighted by Crippen LogP contribution is -2.28. The van der Waals surface area contributed by atoms with Crippen LogP contribution < -0.4 is 10.4 Å². The van der Waals surface area contributed by atoms with Crippen LogP contribution in [0.1, 0.15) is 5.56 Å². The third kappa shape index (κ3) is 2.28. The van der Waals surface area contributed by atoms with Crippen molar-refractivity contribution >= 4 is 27.2 Å². The molecule has 20 heavy (non-hydrogen) atoms. The van der Waals surface area contributed by atoms with Gasteiger partial charge in [-0.15, -0.1) is 0 Å². The van der Waals surface area contributed by atoms with E-state index in [-0.39, 0.29) is 5.56 Å². The molecule has 0 aliphatic rings. The molecule has 2 aromatic heterocycles. The minimum atomic E-state index is -0.0716. The largest absolute Gasteiger partial charge is 0.287 e. The fraction of sp³-hybridized carbons (Fsp3) is 0.133. The molecule has 0 spiro atoms. The summed E-state index contributed by atoms with van der Waals surface area (Å²) in [5.74, 6) is 0. The maximum absolute atomic E-state index is 12.3. The van der Waals surface area contributed by atoms with E-state index in [0.717, 1.165) is 5.69 Å². The second kappa shape index (κ2) is 5.02. The number of hydrogen-bond donors (Lipinski definition) is 0. The second-order valence-corrected chi connectivity index (χ2v) is 5.51. The third-order valence-electron chi connectivity index (χ3n) is 3.04. The van der Waals surface area contributed by atoms with Crippen molar-refractivity contribution in [1.82, 2.24) is 9.55 Å². The number of aryl methyl sites for hydroxylation is 1. The highest BCUT2D eigenvalue weighted by Crippen LogP contribution is 2.13. The van der Waals surface area contributed by atoms with Gasteiger partial charge >= 0.3 is 0 Å². The van der Waals surface area contributed by atoms with Gasteiger partial charge in [0.2, 0.25) is 0 Å². The lowest BCUT2D eigenvalue weighted by molar-refractivity contribution is 0.832. The van der Waals surface area contributed by atoms with Crippen molar-refractivity contribution in [2.75, 3.05) is 0 Å². The van der Waals surface area contributed by atoms with Crippen LogP contribution >= 0.6 is 11.3 Å². The fourth-order valence-corrected chi connectivity index (χ4v) is 2.81. The van der Waals surface area contributed by atoms with E-state index in [2.05, 4.69) is 9.98 Å². The van der Waals surface area contributed by atoms with Gasteiger partial charge < -0.3 is 0 Å². The summed E-state index contributed by atoms with van der Waals surface area (Å²) in [5.41, 5.74) is 1.94. The van der Waals surface area contributed by atoms with Gasteiger partial charge in [0.25, 0.3) is 5.56 Å². The summed E-state index contributed by atoms with van der Waals surface area (Å²) in [6.45, 7) is 2.03. The highest BCUT2D eigenvalue weighted by Gasteiger charge is 2.04. The monoisotopic (exact) mass is 283 g/mol. The van der Waals surface area contributed by atoms with Crippen molar-refractivity contribution in [2.45, 2.75) is 6.92 Å². The molecule has 0 radical (unpaired) electrons. The molecule has 4 nitrogen and oxygen atoms in total. The van der Waals surface area contributed by atoms with E-state index in [9.17, 15) is 4.79 Å². The number of hydrogen-bond acceptors (Lipinski definition) is 4. The summed E-state index contributed by atoms with van der Waals surface area (Å²) in [6, 6.07) is 11.4. The van der Waals surface area contributed by atoms with Crippen molar-refractivity contribution in [3.05, 3.63) is 63.3 Å².